The number of pyridine rings is 1. The van der Waals surface area contributed by atoms with Gasteiger partial charge in [-0.2, -0.15) is 0 Å². The number of rotatable bonds is 9. The average molecular weight is 287 g/mol. The van der Waals surface area contributed by atoms with E-state index in [9.17, 15) is 0 Å². The van der Waals surface area contributed by atoms with E-state index in [4.69, 9.17) is 21.1 Å². The number of hydrogen-bond donors (Lipinski definition) is 1. The van der Waals surface area contributed by atoms with Crippen LogP contribution in [-0.2, 0) is 11.3 Å². The molecule has 1 rings (SSSR count). The van der Waals surface area contributed by atoms with Crippen molar-refractivity contribution in [3.63, 3.8) is 0 Å². The fraction of sp³-hybridized carbons (Fsp3) is 0.643. The molecule has 0 spiro atoms. The van der Waals surface area contributed by atoms with Gasteiger partial charge in [0.2, 0.25) is 5.88 Å². The normalized spacial score (nSPS) is 11.0. The van der Waals surface area contributed by atoms with Gasteiger partial charge in [0.05, 0.1) is 6.61 Å². The summed E-state index contributed by atoms with van der Waals surface area (Å²) in [5.41, 5.74) is 1.06. The van der Waals surface area contributed by atoms with E-state index >= 15 is 0 Å². The predicted octanol–water partition coefficient (Wildman–Crippen LogP) is 2.90. The Morgan fingerprint density at radius 2 is 2.16 bits per heavy atom. The Morgan fingerprint density at radius 1 is 1.37 bits per heavy atom. The minimum Gasteiger partial charge on any atom is -0.474 e. The van der Waals surface area contributed by atoms with Crippen LogP contribution in [-0.4, -0.2) is 31.3 Å². The van der Waals surface area contributed by atoms with Crippen molar-refractivity contribution in [2.24, 2.45) is 5.92 Å². The Kier molecular flexibility index (Phi) is 7.79. The second-order valence-corrected chi connectivity index (χ2v) is 5.11. The van der Waals surface area contributed by atoms with Gasteiger partial charge in [-0.15, -0.1) is 0 Å². The molecule has 0 aliphatic heterocycles. The van der Waals surface area contributed by atoms with Gasteiger partial charge in [0.1, 0.15) is 11.6 Å². The Morgan fingerprint density at radius 3 is 2.79 bits per heavy atom. The minimum atomic E-state index is 0.464. The van der Waals surface area contributed by atoms with E-state index in [0.29, 0.717) is 36.6 Å². The van der Waals surface area contributed by atoms with Gasteiger partial charge in [-0.05, 0) is 31.0 Å². The van der Waals surface area contributed by atoms with E-state index < -0.39 is 0 Å². The molecule has 5 heteroatoms. The van der Waals surface area contributed by atoms with Gasteiger partial charge in [0.15, 0.2) is 0 Å². The first kappa shape index (κ1) is 16.2. The number of hydrogen-bond acceptors (Lipinski definition) is 4. The third-order valence-corrected chi connectivity index (χ3v) is 2.69. The maximum atomic E-state index is 6.13. The van der Waals surface area contributed by atoms with Crippen molar-refractivity contribution in [1.82, 2.24) is 10.3 Å². The van der Waals surface area contributed by atoms with Gasteiger partial charge in [0.25, 0.3) is 0 Å². The van der Waals surface area contributed by atoms with Crippen LogP contribution in [0.3, 0.4) is 0 Å². The number of nitrogens with zero attached hydrogens (tertiary/aromatic N) is 1. The van der Waals surface area contributed by atoms with Gasteiger partial charge >= 0.3 is 0 Å². The van der Waals surface area contributed by atoms with Gasteiger partial charge in [0, 0.05) is 19.3 Å². The molecule has 0 atom stereocenters. The van der Waals surface area contributed by atoms with Crippen LogP contribution in [0, 0.1) is 5.92 Å². The number of nitrogens with one attached hydrogen (secondary N) is 1. The fourth-order valence-electron chi connectivity index (χ4n) is 1.51. The number of ether oxygens (including phenoxy) is 2. The van der Waals surface area contributed by atoms with E-state index in [-0.39, 0.29) is 0 Å². The first-order chi connectivity index (χ1) is 9.13. The molecule has 19 heavy (non-hydrogen) atoms. The molecule has 0 fully saturated rings. The molecule has 1 N–H and O–H groups in total. The van der Waals surface area contributed by atoms with Crippen molar-refractivity contribution < 1.29 is 9.47 Å². The van der Waals surface area contributed by atoms with E-state index in [1.54, 1.807) is 6.20 Å². The van der Waals surface area contributed by atoms with Gasteiger partial charge in [-0.3, -0.25) is 0 Å². The molecule has 0 bridgehead atoms. The molecule has 1 aromatic heterocycles. The van der Waals surface area contributed by atoms with Crippen molar-refractivity contribution in [2.45, 2.75) is 27.3 Å². The highest BCUT2D eigenvalue weighted by molar-refractivity contribution is 6.31. The lowest BCUT2D eigenvalue weighted by Gasteiger charge is -2.10. The SMILES string of the molecule is CCOCCOc1ncc(CNCC(C)C)cc1Cl. The summed E-state index contributed by atoms with van der Waals surface area (Å²) in [6.07, 6.45) is 1.79. The summed E-state index contributed by atoms with van der Waals surface area (Å²) >= 11 is 6.13. The topological polar surface area (TPSA) is 43.4 Å². The average Bonchev–Trinajstić information content (AvgIpc) is 2.36. The van der Waals surface area contributed by atoms with Crippen LogP contribution in [0.25, 0.3) is 0 Å². The lowest BCUT2D eigenvalue weighted by atomic mass is 10.2. The molecule has 0 saturated carbocycles. The molecule has 0 aliphatic carbocycles. The lowest BCUT2D eigenvalue weighted by molar-refractivity contribution is 0.108. The molecule has 1 heterocycles. The van der Waals surface area contributed by atoms with Gasteiger partial charge < -0.3 is 14.8 Å². The van der Waals surface area contributed by atoms with E-state index in [1.807, 2.05) is 13.0 Å². The molecule has 0 aliphatic rings. The molecule has 0 unspecified atom stereocenters. The van der Waals surface area contributed by atoms with E-state index in [0.717, 1.165) is 18.7 Å². The van der Waals surface area contributed by atoms with Crippen LogP contribution >= 0.6 is 11.6 Å². The molecule has 0 radical (unpaired) electrons. The Bertz CT molecular complexity index is 372. The van der Waals surface area contributed by atoms with Crippen LogP contribution in [0.5, 0.6) is 5.88 Å². The monoisotopic (exact) mass is 286 g/mol. The fourth-order valence-corrected chi connectivity index (χ4v) is 1.76. The molecular weight excluding hydrogens is 264 g/mol. The van der Waals surface area contributed by atoms with Crippen LogP contribution in [0.2, 0.25) is 5.02 Å². The molecule has 108 valence electrons. The maximum Gasteiger partial charge on any atom is 0.232 e. The lowest BCUT2D eigenvalue weighted by Crippen LogP contribution is -2.19. The summed E-state index contributed by atoms with van der Waals surface area (Å²) in [4.78, 5) is 4.22. The molecular formula is C14H23ClN2O2. The molecule has 0 amide bonds. The summed E-state index contributed by atoms with van der Waals surface area (Å²) < 4.78 is 10.6. The molecule has 4 nitrogen and oxygen atoms in total. The van der Waals surface area contributed by atoms with Crippen molar-refractivity contribution in [1.29, 1.82) is 0 Å². The Hall–Kier alpha value is -0.840. The van der Waals surface area contributed by atoms with Gasteiger partial charge in [-0.1, -0.05) is 25.4 Å². The van der Waals surface area contributed by atoms with Crippen LogP contribution in [0.15, 0.2) is 12.3 Å². The molecule has 0 saturated heterocycles. The number of aromatic nitrogens is 1. The van der Waals surface area contributed by atoms with Crippen LogP contribution in [0.1, 0.15) is 26.3 Å². The quantitative estimate of drug-likeness (QED) is 0.709. The van der Waals surface area contributed by atoms with Crippen molar-refractivity contribution >= 4 is 11.6 Å². The first-order valence-electron chi connectivity index (χ1n) is 6.69. The summed E-state index contributed by atoms with van der Waals surface area (Å²) in [7, 11) is 0. The highest BCUT2D eigenvalue weighted by Crippen LogP contribution is 2.22. The van der Waals surface area contributed by atoms with Gasteiger partial charge in [-0.25, -0.2) is 4.98 Å². The van der Waals surface area contributed by atoms with Crippen LogP contribution in [0.4, 0.5) is 0 Å². The Balaban J connectivity index is 2.40. The zero-order chi connectivity index (χ0) is 14.1. The summed E-state index contributed by atoms with van der Waals surface area (Å²) in [6.45, 7) is 9.74. The van der Waals surface area contributed by atoms with Crippen molar-refractivity contribution in [2.75, 3.05) is 26.4 Å². The highest BCUT2D eigenvalue weighted by Gasteiger charge is 2.05. The summed E-state index contributed by atoms with van der Waals surface area (Å²) in [6, 6.07) is 1.89. The second-order valence-electron chi connectivity index (χ2n) is 4.70. The largest absolute Gasteiger partial charge is 0.474 e. The first-order valence-corrected chi connectivity index (χ1v) is 7.07. The van der Waals surface area contributed by atoms with Crippen molar-refractivity contribution in [3.05, 3.63) is 22.8 Å². The highest BCUT2D eigenvalue weighted by atomic mass is 35.5. The smallest absolute Gasteiger partial charge is 0.232 e. The zero-order valence-electron chi connectivity index (χ0n) is 11.9. The second kappa shape index (κ2) is 9.13. The third kappa shape index (κ3) is 6.76. The van der Waals surface area contributed by atoms with Crippen LogP contribution < -0.4 is 10.1 Å². The maximum absolute atomic E-state index is 6.13. The molecule has 1 aromatic rings. The standard InChI is InChI=1S/C14H23ClN2O2/c1-4-18-5-6-19-14-13(15)7-12(10-17-14)9-16-8-11(2)3/h7,10-11,16H,4-6,8-9H2,1-3H3. The minimum absolute atomic E-state index is 0.464. The zero-order valence-corrected chi connectivity index (χ0v) is 12.7. The third-order valence-electron chi connectivity index (χ3n) is 2.42. The summed E-state index contributed by atoms with van der Waals surface area (Å²) in [5, 5.41) is 3.89. The number of halogens is 1. The summed E-state index contributed by atoms with van der Waals surface area (Å²) in [5.74, 6) is 1.10. The van der Waals surface area contributed by atoms with Crippen molar-refractivity contribution in [3.8, 4) is 5.88 Å². The van der Waals surface area contributed by atoms with E-state index in [2.05, 4.69) is 24.1 Å². The van der Waals surface area contributed by atoms with E-state index in [1.165, 1.54) is 0 Å². The predicted molar refractivity (Wildman–Crippen MR) is 77.8 cm³/mol. The Labute approximate surface area is 120 Å². The molecule has 0 aromatic carbocycles.